The van der Waals surface area contributed by atoms with Crippen molar-refractivity contribution in [1.82, 2.24) is 4.90 Å². The van der Waals surface area contributed by atoms with Gasteiger partial charge in [-0.15, -0.1) is 0 Å². The first kappa shape index (κ1) is 17.5. The molecule has 1 amide bonds. The SMILES string of the molecule is COc1cccc(CN(C)[C@@H](C)C(=O)Nc2cccc(C#N)c2)c1. The third-order valence-corrected chi connectivity index (χ3v) is 3.87. The standard InChI is InChI=1S/C19H21N3O2/c1-14(19(23)21-17-8-4-6-15(10-17)12-20)22(2)13-16-7-5-9-18(11-16)24-3/h4-11,14H,13H2,1-3H3,(H,21,23)/t14-/m0/s1. The third-order valence-electron chi connectivity index (χ3n) is 3.87. The van der Waals surface area contributed by atoms with Gasteiger partial charge in [-0.2, -0.15) is 5.26 Å². The lowest BCUT2D eigenvalue weighted by Crippen LogP contribution is -2.39. The highest BCUT2D eigenvalue weighted by Crippen LogP contribution is 2.16. The number of nitriles is 1. The number of nitrogens with one attached hydrogen (secondary N) is 1. The van der Waals surface area contributed by atoms with Crippen LogP contribution >= 0.6 is 0 Å². The number of carbonyl (C=O) groups excluding carboxylic acids is 1. The lowest BCUT2D eigenvalue weighted by Gasteiger charge is -2.24. The molecule has 0 bridgehead atoms. The average Bonchev–Trinajstić information content (AvgIpc) is 2.61. The van der Waals surface area contributed by atoms with Gasteiger partial charge in [0.25, 0.3) is 0 Å². The Kier molecular flexibility index (Phi) is 5.94. The zero-order valence-electron chi connectivity index (χ0n) is 14.1. The van der Waals surface area contributed by atoms with Crippen molar-refractivity contribution in [1.29, 1.82) is 5.26 Å². The fourth-order valence-corrected chi connectivity index (χ4v) is 2.31. The van der Waals surface area contributed by atoms with Crippen molar-refractivity contribution in [2.75, 3.05) is 19.5 Å². The largest absolute Gasteiger partial charge is 0.497 e. The first-order valence-electron chi connectivity index (χ1n) is 7.67. The Balaban J connectivity index is 1.99. The van der Waals surface area contributed by atoms with Crippen LogP contribution < -0.4 is 10.1 Å². The number of likely N-dealkylation sites (N-methyl/N-ethyl adjacent to an activating group) is 1. The van der Waals surface area contributed by atoms with Crippen LogP contribution in [0.1, 0.15) is 18.1 Å². The van der Waals surface area contributed by atoms with Gasteiger partial charge in [0.2, 0.25) is 5.91 Å². The normalized spacial score (nSPS) is 11.6. The monoisotopic (exact) mass is 323 g/mol. The molecule has 5 heteroatoms. The molecule has 2 aromatic rings. The molecule has 0 radical (unpaired) electrons. The minimum Gasteiger partial charge on any atom is -0.497 e. The Bertz CT molecular complexity index is 752. The molecule has 0 aromatic heterocycles. The van der Waals surface area contributed by atoms with Gasteiger partial charge in [-0.3, -0.25) is 9.69 Å². The van der Waals surface area contributed by atoms with Crippen LogP contribution in [0.5, 0.6) is 5.75 Å². The van der Waals surface area contributed by atoms with Crippen LogP contribution in [0.2, 0.25) is 0 Å². The maximum Gasteiger partial charge on any atom is 0.241 e. The molecule has 1 N–H and O–H groups in total. The molecule has 0 heterocycles. The van der Waals surface area contributed by atoms with E-state index < -0.39 is 0 Å². The summed E-state index contributed by atoms with van der Waals surface area (Å²) >= 11 is 0. The lowest BCUT2D eigenvalue weighted by atomic mass is 10.1. The highest BCUT2D eigenvalue weighted by atomic mass is 16.5. The van der Waals surface area contributed by atoms with E-state index in [1.54, 1.807) is 31.4 Å². The molecule has 1 atom stereocenters. The van der Waals surface area contributed by atoms with Crippen molar-refractivity contribution in [3.05, 3.63) is 59.7 Å². The van der Waals surface area contributed by atoms with Crippen molar-refractivity contribution in [2.45, 2.75) is 19.5 Å². The number of ether oxygens (including phenoxy) is 1. The molecule has 0 aliphatic rings. The quantitative estimate of drug-likeness (QED) is 0.887. The first-order chi connectivity index (χ1) is 11.5. The molecule has 0 aliphatic heterocycles. The van der Waals surface area contributed by atoms with Crippen LogP contribution in [0.15, 0.2) is 48.5 Å². The molecule has 5 nitrogen and oxygen atoms in total. The second kappa shape index (κ2) is 8.14. The minimum absolute atomic E-state index is 0.115. The van der Waals surface area contributed by atoms with Crippen molar-refractivity contribution in [3.8, 4) is 11.8 Å². The Labute approximate surface area is 142 Å². The molecule has 0 saturated carbocycles. The number of hydrogen-bond acceptors (Lipinski definition) is 4. The molecule has 0 unspecified atom stereocenters. The molecule has 0 spiro atoms. The molecular weight excluding hydrogens is 302 g/mol. The number of methoxy groups -OCH3 is 1. The van der Waals surface area contributed by atoms with E-state index in [2.05, 4.69) is 11.4 Å². The van der Waals surface area contributed by atoms with E-state index in [1.807, 2.05) is 43.1 Å². The zero-order valence-corrected chi connectivity index (χ0v) is 14.1. The summed E-state index contributed by atoms with van der Waals surface area (Å²) in [4.78, 5) is 14.4. The van der Waals surface area contributed by atoms with Gasteiger partial charge < -0.3 is 10.1 Å². The van der Waals surface area contributed by atoms with Gasteiger partial charge in [0.1, 0.15) is 5.75 Å². The zero-order chi connectivity index (χ0) is 17.5. The summed E-state index contributed by atoms with van der Waals surface area (Å²) in [7, 11) is 3.53. The smallest absolute Gasteiger partial charge is 0.241 e. The Morgan fingerprint density at radius 2 is 2.04 bits per heavy atom. The van der Waals surface area contributed by atoms with E-state index in [-0.39, 0.29) is 11.9 Å². The average molecular weight is 323 g/mol. The molecule has 24 heavy (non-hydrogen) atoms. The van der Waals surface area contributed by atoms with Crippen molar-refractivity contribution in [3.63, 3.8) is 0 Å². The number of carbonyl (C=O) groups is 1. The van der Waals surface area contributed by atoms with E-state index in [4.69, 9.17) is 10.00 Å². The number of benzene rings is 2. The van der Waals surface area contributed by atoms with Gasteiger partial charge in [-0.05, 0) is 49.9 Å². The van der Waals surface area contributed by atoms with Crippen LogP contribution in [0.4, 0.5) is 5.69 Å². The summed E-state index contributed by atoms with van der Waals surface area (Å²) in [6.45, 7) is 2.48. The summed E-state index contributed by atoms with van der Waals surface area (Å²) in [6, 6.07) is 16.4. The van der Waals surface area contributed by atoms with E-state index >= 15 is 0 Å². The Morgan fingerprint density at radius 3 is 2.75 bits per heavy atom. The van der Waals surface area contributed by atoms with Gasteiger partial charge in [-0.25, -0.2) is 0 Å². The van der Waals surface area contributed by atoms with Crippen LogP contribution in [0.3, 0.4) is 0 Å². The van der Waals surface area contributed by atoms with Crippen molar-refractivity contribution >= 4 is 11.6 Å². The van der Waals surface area contributed by atoms with Gasteiger partial charge in [0.15, 0.2) is 0 Å². The molecule has 124 valence electrons. The summed E-state index contributed by atoms with van der Waals surface area (Å²) in [5.41, 5.74) is 2.22. The van der Waals surface area contributed by atoms with E-state index in [1.165, 1.54) is 0 Å². The molecule has 0 fully saturated rings. The Hall–Kier alpha value is -2.84. The van der Waals surface area contributed by atoms with Gasteiger partial charge >= 0.3 is 0 Å². The second-order valence-electron chi connectivity index (χ2n) is 5.62. The summed E-state index contributed by atoms with van der Waals surface area (Å²) in [6.07, 6.45) is 0. The summed E-state index contributed by atoms with van der Waals surface area (Å²) in [5, 5.41) is 11.8. The van der Waals surface area contributed by atoms with E-state index in [0.29, 0.717) is 17.8 Å². The highest BCUT2D eigenvalue weighted by Gasteiger charge is 2.18. The molecule has 0 saturated heterocycles. The fraction of sp³-hybridized carbons (Fsp3) is 0.263. The van der Waals surface area contributed by atoms with Gasteiger partial charge in [-0.1, -0.05) is 18.2 Å². The number of anilines is 1. The number of nitrogens with zero attached hydrogens (tertiary/aromatic N) is 2. The second-order valence-corrected chi connectivity index (χ2v) is 5.62. The molecule has 2 aromatic carbocycles. The maximum absolute atomic E-state index is 12.4. The van der Waals surface area contributed by atoms with Crippen LogP contribution in [-0.2, 0) is 11.3 Å². The van der Waals surface area contributed by atoms with Crippen molar-refractivity contribution in [2.24, 2.45) is 0 Å². The van der Waals surface area contributed by atoms with E-state index in [9.17, 15) is 4.79 Å². The van der Waals surface area contributed by atoms with E-state index in [0.717, 1.165) is 11.3 Å². The van der Waals surface area contributed by atoms with Gasteiger partial charge in [0.05, 0.1) is 24.8 Å². The number of amides is 1. The molecular formula is C19H21N3O2. The van der Waals surface area contributed by atoms with Crippen LogP contribution in [0, 0.1) is 11.3 Å². The lowest BCUT2D eigenvalue weighted by molar-refractivity contribution is -0.120. The maximum atomic E-state index is 12.4. The fourth-order valence-electron chi connectivity index (χ4n) is 2.31. The van der Waals surface area contributed by atoms with Crippen molar-refractivity contribution < 1.29 is 9.53 Å². The summed E-state index contributed by atoms with van der Waals surface area (Å²) in [5.74, 6) is 0.682. The highest BCUT2D eigenvalue weighted by molar-refractivity contribution is 5.94. The number of hydrogen-bond donors (Lipinski definition) is 1. The first-order valence-corrected chi connectivity index (χ1v) is 7.67. The third kappa shape index (κ3) is 4.58. The predicted molar refractivity (Wildman–Crippen MR) is 93.7 cm³/mol. The Morgan fingerprint density at radius 1 is 1.29 bits per heavy atom. The topological polar surface area (TPSA) is 65.4 Å². The summed E-state index contributed by atoms with van der Waals surface area (Å²) < 4.78 is 5.22. The molecule has 0 aliphatic carbocycles. The van der Waals surface area contributed by atoms with Crippen LogP contribution in [0.25, 0.3) is 0 Å². The minimum atomic E-state index is -0.318. The number of rotatable bonds is 6. The van der Waals surface area contributed by atoms with Crippen LogP contribution in [-0.4, -0.2) is 31.0 Å². The molecule has 2 rings (SSSR count). The van der Waals surface area contributed by atoms with Gasteiger partial charge in [0, 0.05) is 12.2 Å². The predicted octanol–water partition coefficient (Wildman–Crippen LogP) is 3.03.